The number of rotatable bonds is 7. The summed E-state index contributed by atoms with van der Waals surface area (Å²) in [5.41, 5.74) is 0.789. The molecule has 1 aromatic rings. The van der Waals surface area contributed by atoms with Crippen molar-refractivity contribution in [3.8, 4) is 0 Å². The van der Waals surface area contributed by atoms with Gasteiger partial charge in [-0.3, -0.25) is 10.1 Å². The fraction of sp³-hybridized carbons (Fsp3) is 0.500. The Kier molecular flexibility index (Phi) is 6.04. The Hall–Kier alpha value is -1.17. The summed E-state index contributed by atoms with van der Waals surface area (Å²) in [5.74, 6) is 0.400. The molecule has 0 aromatic heterocycles. The molecule has 0 fully saturated rings. The lowest BCUT2D eigenvalue weighted by atomic mass is 10.1. The van der Waals surface area contributed by atoms with Crippen LogP contribution in [0.25, 0.3) is 0 Å². The number of ether oxygens (including phenoxy) is 1. The second-order valence-corrected chi connectivity index (χ2v) is 4.64. The molecule has 0 aliphatic carbocycles. The topological polar surface area (TPSA) is 64.4 Å². The molecule has 0 aliphatic rings. The van der Waals surface area contributed by atoms with Gasteiger partial charge in [-0.1, -0.05) is 24.6 Å². The van der Waals surface area contributed by atoms with Crippen LogP contribution in [0.2, 0.25) is 5.02 Å². The van der Waals surface area contributed by atoms with Crippen molar-refractivity contribution in [3.63, 3.8) is 0 Å². The second kappa shape index (κ2) is 7.31. The smallest absolute Gasteiger partial charge is 0.288 e. The first-order chi connectivity index (χ1) is 8.54. The lowest BCUT2D eigenvalue weighted by Crippen LogP contribution is -2.23. The van der Waals surface area contributed by atoms with Crippen LogP contribution in [-0.4, -0.2) is 25.2 Å². The molecule has 0 saturated heterocycles. The Labute approximate surface area is 111 Å². The van der Waals surface area contributed by atoms with Crippen LogP contribution >= 0.6 is 11.6 Å². The number of halogens is 1. The molecule has 0 saturated carbocycles. The summed E-state index contributed by atoms with van der Waals surface area (Å²) in [4.78, 5) is 10.3. The molecule has 6 heteroatoms. The van der Waals surface area contributed by atoms with Crippen molar-refractivity contribution in [3.05, 3.63) is 38.9 Å². The highest BCUT2D eigenvalue weighted by Gasteiger charge is 2.12. The Morgan fingerprint density at radius 1 is 1.56 bits per heavy atom. The van der Waals surface area contributed by atoms with Gasteiger partial charge < -0.3 is 10.1 Å². The maximum Gasteiger partial charge on any atom is 0.288 e. The minimum Gasteiger partial charge on any atom is -0.384 e. The van der Waals surface area contributed by atoms with E-state index in [1.54, 1.807) is 19.2 Å². The number of nitro benzene ring substituents is 1. The van der Waals surface area contributed by atoms with Crippen molar-refractivity contribution in [1.82, 2.24) is 5.32 Å². The summed E-state index contributed by atoms with van der Waals surface area (Å²) in [6, 6.07) is 4.83. The van der Waals surface area contributed by atoms with Gasteiger partial charge in [-0.2, -0.15) is 0 Å². The number of nitro groups is 1. The van der Waals surface area contributed by atoms with Crippen LogP contribution in [0.3, 0.4) is 0 Å². The third-order valence-corrected chi connectivity index (χ3v) is 2.80. The molecular weight excluding hydrogens is 256 g/mol. The van der Waals surface area contributed by atoms with Crippen LogP contribution in [0, 0.1) is 16.0 Å². The first-order valence-electron chi connectivity index (χ1n) is 5.67. The molecular formula is C12H17ClN2O3. The van der Waals surface area contributed by atoms with Gasteiger partial charge in [0.2, 0.25) is 0 Å². The lowest BCUT2D eigenvalue weighted by molar-refractivity contribution is -0.384. The van der Waals surface area contributed by atoms with Crippen LogP contribution in [-0.2, 0) is 11.3 Å². The average molecular weight is 273 g/mol. The van der Waals surface area contributed by atoms with Gasteiger partial charge in [0.25, 0.3) is 5.69 Å². The summed E-state index contributed by atoms with van der Waals surface area (Å²) < 4.78 is 5.03. The zero-order valence-electron chi connectivity index (χ0n) is 10.5. The van der Waals surface area contributed by atoms with Crippen molar-refractivity contribution in [2.75, 3.05) is 20.3 Å². The molecule has 1 aromatic carbocycles. The molecule has 1 N–H and O–H groups in total. The number of nitrogens with one attached hydrogen (secondary N) is 1. The van der Waals surface area contributed by atoms with E-state index in [0.717, 1.165) is 12.1 Å². The van der Waals surface area contributed by atoms with Crippen LogP contribution in [0.1, 0.15) is 12.5 Å². The molecule has 18 heavy (non-hydrogen) atoms. The summed E-state index contributed by atoms with van der Waals surface area (Å²) in [6.07, 6.45) is 0. The van der Waals surface area contributed by atoms with Gasteiger partial charge in [0.15, 0.2) is 0 Å². The fourth-order valence-electron chi connectivity index (χ4n) is 1.61. The van der Waals surface area contributed by atoms with E-state index >= 15 is 0 Å². The van der Waals surface area contributed by atoms with E-state index in [0.29, 0.717) is 19.1 Å². The summed E-state index contributed by atoms with van der Waals surface area (Å²) in [6.45, 7) is 4.13. The van der Waals surface area contributed by atoms with Crippen LogP contribution in [0.5, 0.6) is 0 Å². The Morgan fingerprint density at radius 2 is 2.28 bits per heavy atom. The predicted octanol–water partition coefficient (Wildman–Crippen LogP) is 2.62. The number of hydrogen-bond acceptors (Lipinski definition) is 4. The molecule has 0 heterocycles. The predicted molar refractivity (Wildman–Crippen MR) is 70.9 cm³/mol. The monoisotopic (exact) mass is 272 g/mol. The largest absolute Gasteiger partial charge is 0.384 e. The van der Waals surface area contributed by atoms with Crippen molar-refractivity contribution < 1.29 is 9.66 Å². The zero-order chi connectivity index (χ0) is 13.5. The highest BCUT2D eigenvalue weighted by molar-refractivity contribution is 6.32. The van der Waals surface area contributed by atoms with Gasteiger partial charge in [-0.25, -0.2) is 0 Å². The van der Waals surface area contributed by atoms with Crippen LogP contribution in [0.4, 0.5) is 5.69 Å². The van der Waals surface area contributed by atoms with Crippen molar-refractivity contribution in [2.45, 2.75) is 13.5 Å². The molecule has 0 bridgehead atoms. The van der Waals surface area contributed by atoms with Gasteiger partial charge in [0.1, 0.15) is 5.02 Å². The van der Waals surface area contributed by atoms with E-state index in [1.807, 2.05) is 0 Å². The number of hydrogen-bond donors (Lipinski definition) is 1. The van der Waals surface area contributed by atoms with E-state index in [1.165, 1.54) is 6.07 Å². The Balaban J connectivity index is 2.53. The van der Waals surface area contributed by atoms with Crippen LogP contribution < -0.4 is 5.32 Å². The number of methoxy groups -OCH3 is 1. The van der Waals surface area contributed by atoms with Gasteiger partial charge in [-0.15, -0.1) is 0 Å². The van der Waals surface area contributed by atoms with Crippen LogP contribution in [0.15, 0.2) is 18.2 Å². The molecule has 1 unspecified atom stereocenters. The summed E-state index contributed by atoms with van der Waals surface area (Å²) >= 11 is 5.74. The van der Waals surface area contributed by atoms with E-state index in [9.17, 15) is 10.1 Å². The maximum atomic E-state index is 10.7. The SMILES string of the molecule is COCC(C)CNCc1ccc(Cl)c([N+](=O)[O-])c1. The molecule has 100 valence electrons. The lowest BCUT2D eigenvalue weighted by Gasteiger charge is -2.11. The normalized spacial score (nSPS) is 12.4. The van der Waals surface area contributed by atoms with Gasteiger partial charge in [0.05, 0.1) is 4.92 Å². The highest BCUT2D eigenvalue weighted by Crippen LogP contribution is 2.24. The average Bonchev–Trinajstić information content (AvgIpc) is 2.31. The molecule has 0 amide bonds. The third kappa shape index (κ3) is 4.60. The molecule has 5 nitrogen and oxygen atoms in total. The minimum absolute atomic E-state index is 0.0547. The quantitative estimate of drug-likeness (QED) is 0.612. The Bertz CT molecular complexity index is 412. The molecule has 0 spiro atoms. The Morgan fingerprint density at radius 3 is 2.89 bits per heavy atom. The third-order valence-electron chi connectivity index (χ3n) is 2.48. The first-order valence-corrected chi connectivity index (χ1v) is 6.05. The molecule has 0 radical (unpaired) electrons. The van der Waals surface area contributed by atoms with Gasteiger partial charge in [-0.05, 0) is 17.5 Å². The fourth-order valence-corrected chi connectivity index (χ4v) is 1.80. The molecule has 0 aliphatic heterocycles. The van der Waals surface area contributed by atoms with Gasteiger partial charge in [0, 0.05) is 32.9 Å². The number of benzene rings is 1. The maximum absolute atomic E-state index is 10.7. The standard InChI is InChI=1S/C12H17ClN2O3/c1-9(8-18-2)6-14-7-10-3-4-11(13)12(5-10)15(16)17/h3-5,9,14H,6-8H2,1-2H3. The first kappa shape index (κ1) is 14.9. The zero-order valence-corrected chi connectivity index (χ0v) is 11.2. The number of nitrogens with zero attached hydrogens (tertiary/aromatic N) is 1. The summed E-state index contributed by atoms with van der Waals surface area (Å²) in [5, 5.41) is 14.1. The minimum atomic E-state index is -0.473. The van der Waals surface area contributed by atoms with E-state index in [2.05, 4.69) is 12.2 Å². The second-order valence-electron chi connectivity index (χ2n) is 4.23. The molecule has 1 rings (SSSR count). The van der Waals surface area contributed by atoms with Crippen molar-refractivity contribution in [1.29, 1.82) is 0 Å². The van der Waals surface area contributed by atoms with Crippen molar-refractivity contribution >= 4 is 17.3 Å². The highest BCUT2D eigenvalue weighted by atomic mass is 35.5. The van der Waals surface area contributed by atoms with E-state index in [-0.39, 0.29) is 10.7 Å². The van der Waals surface area contributed by atoms with Gasteiger partial charge >= 0.3 is 0 Å². The molecule has 1 atom stereocenters. The van der Waals surface area contributed by atoms with E-state index in [4.69, 9.17) is 16.3 Å². The summed E-state index contributed by atoms with van der Waals surface area (Å²) in [7, 11) is 1.67. The van der Waals surface area contributed by atoms with Crippen molar-refractivity contribution in [2.24, 2.45) is 5.92 Å². The van der Waals surface area contributed by atoms with E-state index < -0.39 is 4.92 Å².